The summed E-state index contributed by atoms with van der Waals surface area (Å²) in [5, 5.41) is 8.31. The Labute approximate surface area is 102 Å². The van der Waals surface area contributed by atoms with E-state index in [1.165, 1.54) is 19.3 Å². The number of anilines is 1. The third-order valence-corrected chi connectivity index (χ3v) is 3.42. The van der Waals surface area contributed by atoms with Gasteiger partial charge in [-0.05, 0) is 30.9 Å². The fraction of sp³-hybridized carbons (Fsp3) is 0.667. The lowest BCUT2D eigenvalue weighted by Crippen LogP contribution is -2.21. The van der Waals surface area contributed by atoms with Crippen molar-refractivity contribution in [2.45, 2.75) is 32.1 Å². The van der Waals surface area contributed by atoms with Crippen molar-refractivity contribution in [1.82, 2.24) is 10.2 Å². The van der Waals surface area contributed by atoms with Crippen molar-refractivity contribution in [2.24, 2.45) is 5.92 Å². The Hall–Kier alpha value is -0.830. The number of aromatic nitrogens is 2. The van der Waals surface area contributed by atoms with Crippen LogP contribution in [0.4, 0.5) is 5.82 Å². The second-order valence-electron chi connectivity index (χ2n) is 4.41. The molecule has 4 heteroatoms. The summed E-state index contributed by atoms with van der Waals surface area (Å²) in [6.07, 6.45) is 3.88. The van der Waals surface area contributed by atoms with Gasteiger partial charge < -0.3 is 4.90 Å². The highest BCUT2D eigenvalue weighted by Crippen LogP contribution is 2.24. The first-order chi connectivity index (χ1) is 7.83. The van der Waals surface area contributed by atoms with Gasteiger partial charge in [-0.3, -0.25) is 0 Å². The van der Waals surface area contributed by atoms with Crippen LogP contribution < -0.4 is 4.90 Å². The summed E-state index contributed by atoms with van der Waals surface area (Å²) in [5.74, 6) is 2.26. The molecule has 0 saturated carbocycles. The SMILES string of the molecule is CCCC1CCN(c2ccc(CCl)nn2)C1. The molecule has 0 aromatic carbocycles. The van der Waals surface area contributed by atoms with E-state index in [-0.39, 0.29) is 0 Å². The standard InChI is InChI=1S/C12H18ClN3/c1-2-3-10-6-7-16(9-10)12-5-4-11(8-13)14-15-12/h4-5,10H,2-3,6-9H2,1H3. The van der Waals surface area contributed by atoms with E-state index in [2.05, 4.69) is 22.0 Å². The highest BCUT2D eigenvalue weighted by atomic mass is 35.5. The lowest BCUT2D eigenvalue weighted by atomic mass is 10.0. The third kappa shape index (κ3) is 2.64. The zero-order valence-corrected chi connectivity index (χ0v) is 10.5. The van der Waals surface area contributed by atoms with Crippen LogP contribution in [-0.4, -0.2) is 23.3 Å². The van der Waals surface area contributed by atoms with E-state index >= 15 is 0 Å². The molecule has 3 nitrogen and oxygen atoms in total. The van der Waals surface area contributed by atoms with Gasteiger partial charge in [0.15, 0.2) is 5.82 Å². The van der Waals surface area contributed by atoms with Crippen molar-refractivity contribution < 1.29 is 0 Å². The zero-order valence-electron chi connectivity index (χ0n) is 9.69. The summed E-state index contributed by atoms with van der Waals surface area (Å²) in [4.78, 5) is 2.32. The lowest BCUT2D eigenvalue weighted by Gasteiger charge is -2.16. The van der Waals surface area contributed by atoms with Crippen LogP contribution in [0.15, 0.2) is 12.1 Å². The number of hydrogen-bond donors (Lipinski definition) is 0. The number of alkyl halides is 1. The minimum atomic E-state index is 0.436. The molecular weight excluding hydrogens is 222 g/mol. The molecule has 0 bridgehead atoms. The van der Waals surface area contributed by atoms with Gasteiger partial charge >= 0.3 is 0 Å². The van der Waals surface area contributed by atoms with Crippen LogP contribution in [0.25, 0.3) is 0 Å². The van der Waals surface area contributed by atoms with Crippen LogP contribution >= 0.6 is 11.6 Å². The minimum Gasteiger partial charge on any atom is -0.355 e. The molecule has 1 aliphatic rings. The van der Waals surface area contributed by atoms with Gasteiger partial charge in [-0.1, -0.05) is 13.3 Å². The third-order valence-electron chi connectivity index (χ3n) is 3.15. The van der Waals surface area contributed by atoms with E-state index in [0.29, 0.717) is 5.88 Å². The van der Waals surface area contributed by atoms with Crippen LogP contribution in [0.2, 0.25) is 0 Å². The first kappa shape index (κ1) is 11.6. The Bertz CT molecular complexity index is 326. The molecule has 1 aliphatic heterocycles. The molecule has 2 heterocycles. The fourth-order valence-electron chi connectivity index (χ4n) is 2.28. The summed E-state index contributed by atoms with van der Waals surface area (Å²) in [7, 11) is 0. The average Bonchev–Trinajstić information content (AvgIpc) is 2.78. The van der Waals surface area contributed by atoms with E-state index in [9.17, 15) is 0 Å². The predicted octanol–water partition coefficient (Wildman–Crippen LogP) is 2.84. The van der Waals surface area contributed by atoms with Gasteiger partial charge in [0.25, 0.3) is 0 Å². The van der Waals surface area contributed by atoms with Crippen LogP contribution in [-0.2, 0) is 5.88 Å². The summed E-state index contributed by atoms with van der Waals surface area (Å²) < 4.78 is 0. The molecule has 0 radical (unpaired) electrons. The molecule has 16 heavy (non-hydrogen) atoms. The number of nitrogens with zero attached hydrogens (tertiary/aromatic N) is 3. The smallest absolute Gasteiger partial charge is 0.151 e. The van der Waals surface area contributed by atoms with Crippen molar-refractivity contribution in [3.05, 3.63) is 17.8 Å². The first-order valence-electron chi connectivity index (χ1n) is 5.97. The van der Waals surface area contributed by atoms with Gasteiger partial charge in [0, 0.05) is 13.1 Å². The van der Waals surface area contributed by atoms with Crippen molar-refractivity contribution in [2.75, 3.05) is 18.0 Å². The first-order valence-corrected chi connectivity index (χ1v) is 6.50. The molecule has 2 rings (SSSR count). The number of hydrogen-bond acceptors (Lipinski definition) is 3. The van der Waals surface area contributed by atoms with Gasteiger partial charge in [0.1, 0.15) is 0 Å². The van der Waals surface area contributed by atoms with Gasteiger partial charge in [-0.2, -0.15) is 5.10 Å². The largest absolute Gasteiger partial charge is 0.355 e. The molecule has 1 saturated heterocycles. The Kier molecular flexibility index (Phi) is 3.99. The predicted molar refractivity (Wildman–Crippen MR) is 66.8 cm³/mol. The van der Waals surface area contributed by atoms with Gasteiger partial charge in [-0.25, -0.2) is 0 Å². The Morgan fingerprint density at radius 2 is 2.31 bits per heavy atom. The summed E-state index contributed by atoms with van der Waals surface area (Å²) >= 11 is 5.69. The fourth-order valence-corrected chi connectivity index (χ4v) is 2.42. The van der Waals surface area contributed by atoms with Crippen molar-refractivity contribution in [3.63, 3.8) is 0 Å². The van der Waals surface area contributed by atoms with E-state index < -0.39 is 0 Å². The molecule has 1 fully saturated rings. The molecule has 1 atom stereocenters. The van der Waals surface area contributed by atoms with E-state index in [0.717, 1.165) is 30.5 Å². The molecule has 1 aromatic heterocycles. The van der Waals surface area contributed by atoms with Gasteiger partial charge in [0.05, 0.1) is 11.6 Å². The average molecular weight is 240 g/mol. The van der Waals surface area contributed by atoms with Crippen LogP contribution in [0.5, 0.6) is 0 Å². The summed E-state index contributed by atoms with van der Waals surface area (Å²) in [5.41, 5.74) is 0.842. The second-order valence-corrected chi connectivity index (χ2v) is 4.67. The monoisotopic (exact) mass is 239 g/mol. The maximum absolute atomic E-state index is 5.69. The molecule has 0 N–H and O–H groups in total. The van der Waals surface area contributed by atoms with Crippen LogP contribution in [0, 0.1) is 5.92 Å². The van der Waals surface area contributed by atoms with Gasteiger partial charge in [-0.15, -0.1) is 16.7 Å². The minimum absolute atomic E-state index is 0.436. The van der Waals surface area contributed by atoms with Crippen LogP contribution in [0.1, 0.15) is 31.9 Å². The van der Waals surface area contributed by atoms with Crippen molar-refractivity contribution in [1.29, 1.82) is 0 Å². The van der Waals surface area contributed by atoms with E-state index in [1.807, 2.05) is 12.1 Å². The quantitative estimate of drug-likeness (QED) is 0.757. The molecule has 1 aromatic rings. The van der Waals surface area contributed by atoms with Crippen molar-refractivity contribution >= 4 is 17.4 Å². The van der Waals surface area contributed by atoms with Crippen LogP contribution in [0.3, 0.4) is 0 Å². The van der Waals surface area contributed by atoms with E-state index in [1.54, 1.807) is 0 Å². The highest BCUT2D eigenvalue weighted by molar-refractivity contribution is 6.16. The topological polar surface area (TPSA) is 29.0 Å². The molecule has 0 aliphatic carbocycles. The summed E-state index contributed by atoms with van der Waals surface area (Å²) in [6, 6.07) is 3.99. The molecule has 0 amide bonds. The molecular formula is C12H18ClN3. The Balaban J connectivity index is 1.97. The van der Waals surface area contributed by atoms with E-state index in [4.69, 9.17) is 11.6 Å². The highest BCUT2D eigenvalue weighted by Gasteiger charge is 2.22. The second kappa shape index (κ2) is 5.48. The number of halogens is 1. The Morgan fingerprint density at radius 3 is 2.94 bits per heavy atom. The number of rotatable bonds is 4. The van der Waals surface area contributed by atoms with Gasteiger partial charge in [0.2, 0.25) is 0 Å². The normalized spacial score (nSPS) is 20.4. The molecule has 0 spiro atoms. The zero-order chi connectivity index (χ0) is 11.4. The van der Waals surface area contributed by atoms with Crippen molar-refractivity contribution in [3.8, 4) is 0 Å². The maximum atomic E-state index is 5.69. The summed E-state index contributed by atoms with van der Waals surface area (Å²) in [6.45, 7) is 4.49. The lowest BCUT2D eigenvalue weighted by molar-refractivity contribution is 0.529. The molecule has 88 valence electrons. The maximum Gasteiger partial charge on any atom is 0.151 e. The Morgan fingerprint density at radius 1 is 1.44 bits per heavy atom. The molecule has 1 unspecified atom stereocenters.